The van der Waals surface area contributed by atoms with Crippen LogP contribution in [-0.4, -0.2) is 13.2 Å². The molecule has 0 heterocycles. The van der Waals surface area contributed by atoms with Crippen LogP contribution in [-0.2, 0) is 79.8 Å². The van der Waals surface area contributed by atoms with Crippen molar-refractivity contribution < 1.29 is 26.0 Å². The molecule has 51 heavy (non-hydrogen) atoms. The Morgan fingerprint density at radius 2 is 0.804 bits per heavy atom. The molecular formula is C44H52NiO2S4-4. The number of rotatable bonds is 18. The largest absolute Gasteiger partial charge is 0.780 e. The zero-order valence-corrected chi connectivity index (χ0v) is 34.7. The van der Waals surface area contributed by atoms with Gasteiger partial charge in [-0.2, -0.15) is 19.6 Å². The summed E-state index contributed by atoms with van der Waals surface area (Å²) in [6.45, 7) is 10.1. The molecule has 0 aliphatic rings. The predicted octanol–water partition coefficient (Wildman–Crippen LogP) is 12.3. The Bertz CT molecular complexity index is 1510. The number of aryl methyl sites for hydroxylation is 2. The zero-order valence-electron chi connectivity index (χ0n) is 30.5. The van der Waals surface area contributed by atoms with Gasteiger partial charge in [0, 0.05) is 16.5 Å². The molecule has 7 heteroatoms. The third-order valence-electron chi connectivity index (χ3n) is 8.21. The average molecular weight is 800 g/mol. The molecule has 0 aliphatic heterocycles. The third-order valence-corrected chi connectivity index (χ3v) is 10.2. The second-order valence-corrected chi connectivity index (χ2v) is 14.0. The van der Waals surface area contributed by atoms with Crippen molar-refractivity contribution in [3.8, 4) is 11.5 Å². The maximum absolute atomic E-state index is 6.00. The Hall–Kier alpha value is -2.67. The molecule has 0 saturated carbocycles. The van der Waals surface area contributed by atoms with Crippen molar-refractivity contribution in [3.63, 3.8) is 0 Å². The van der Waals surface area contributed by atoms with Crippen molar-refractivity contribution in [1.82, 2.24) is 0 Å². The van der Waals surface area contributed by atoms with Crippen LogP contribution < -0.4 is 9.47 Å². The summed E-state index contributed by atoms with van der Waals surface area (Å²) in [5.74, 6) is 1.69. The van der Waals surface area contributed by atoms with Crippen LogP contribution in [0.25, 0.3) is 19.6 Å². The van der Waals surface area contributed by atoms with Gasteiger partial charge in [0.05, 0.1) is 13.2 Å². The van der Waals surface area contributed by atoms with E-state index in [1.807, 2.05) is 60.7 Å². The molecule has 0 saturated heterocycles. The molecule has 0 aliphatic carbocycles. The second-order valence-electron chi connectivity index (χ2n) is 12.3. The summed E-state index contributed by atoms with van der Waals surface area (Å²) in [5.41, 5.74) is 6.46. The van der Waals surface area contributed by atoms with Crippen LogP contribution in [0.3, 0.4) is 0 Å². The van der Waals surface area contributed by atoms with Crippen molar-refractivity contribution in [1.29, 1.82) is 0 Å². The van der Waals surface area contributed by atoms with Crippen molar-refractivity contribution in [2.45, 2.75) is 91.9 Å². The molecule has 0 spiro atoms. The molecule has 0 aromatic heterocycles. The van der Waals surface area contributed by atoms with Crippen LogP contribution in [0.4, 0.5) is 0 Å². The fourth-order valence-corrected chi connectivity index (χ4v) is 6.22. The summed E-state index contributed by atoms with van der Waals surface area (Å²) in [4.78, 5) is 2.82. The summed E-state index contributed by atoms with van der Waals surface area (Å²) < 4.78 is 12.0. The van der Waals surface area contributed by atoms with Gasteiger partial charge in [0.25, 0.3) is 0 Å². The van der Waals surface area contributed by atoms with Crippen LogP contribution in [0, 0.1) is 0 Å². The number of hydrogen-bond acceptors (Lipinski definition) is 6. The Balaban J connectivity index is 0.000000347. The quantitative estimate of drug-likeness (QED) is 0.0429. The van der Waals surface area contributed by atoms with Crippen molar-refractivity contribution in [2.24, 2.45) is 0 Å². The minimum absolute atomic E-state index is 0. The maximum Gasteiger partial charge on any atom is 0.124 e. The van der Waals surface area contributed by atoms with Gasteiger partial charge in [-0.05, 0) is 96.2 Å². The molecule has 4 aromatic rings. The standard InChI is InChI=1S/2C22H28OS2.Ni/c2*1-3-5-10-17-13-14-20(23-15-6-4-2)19(16-17)22(25)21(24)18-11-8-7-9-12-18;/h2*7-9,11-14,16,24-25H,3-6,10,15H2,1-2H3;/p-4/b2*22-21-;. The summed E-state index contributed by atoms with van der Waals surface area (Å²) in [7, 11) is 0. The molecule has 4 rings (SSSR count). The molecule has 0 atom stereocenters. The maximum atomic E-state index is 6.00. The van der Waals surface area contributed by atoms with E-state index in [9.17, 15) is 0 Å². The van der Waals surface area contributed by atoms with E-state index in [0.29, 0.717) is 32.8 Å². The van der Waals surface area contributed by atoms with Crippen LogP contribution in [0.1, 0.15) is 112 Å². The average Bonchev–Trinajstić information content (AvgIpc) is 3.16. The third kappa shape index (κ3) is 14.7. The van der Waals surface area contributed by atoms with E-state index in [1.165, 1.54) is 36.8 Å². The SMILES string of the molecule is CCCCOc1ccc(CCCC)cc1/C([S-])=C(/[S-])c1ccccc1.CCCCOc1ccc(CCCC)cc1/C([S-])=C(/[S-])c1ccccc1.[Ni]. The van der Waals surface area contributed by atoms with Gasteiger partial charge in [-0.25, -0.2) is 0 Å². The number of ether oxygens (including phenoxy) is 2. The minimum atomic E-state index is 0. The molecule has 0 N–H and O–H groups in total. The number of unbranched alkanes of at least 4 members (excludes halogenated alkanes) is 4. The summed E-state index contributed by atoms with van der Waals surface area (Å²) in [5, 5.41) is 0. The van der Waals surface area contributed by atoms with E-state index in [4.69, 9.17) is 60.0 Å². The normalized spacial score (nSPS) is 11.7. The molecule has 0 fully saturated rings. The molecule has 0 amide bonds. The monoisotopic (exact) mass is 798 g/mol. The Labute approximate surface area is 340 Å². The first-order valence-electron chi connectivity index (χ1n) is 18.1. The molecule has 278 valence electrons. The Morgan fingerprint density at radius 1 is 0.451 bits per heavy atom. The first-order chi connectivity index (χ1) is 24.3. The van der Waals surface area contributed by atoms with Crippen molar-refractivity contribution in [2.75, 3.05) is 13.2 Å². The predicted molar refractivity (Wildman–Crippen MR) is 227 cm³/mol. The summed E-state index contributed by atoms with van der Waals surface area (Å²) in [6, 6.07) is 32.7. The molecule has 0 unspecified atom stereocenters. The van der Waals surface area contributed by atoms with E-state index in [1.54, 1.807) is 0 Å². The van der Waals surface area contributed by atoms with Crippen molar-refractivity contribution >= 4 is 70.1 Å². The van der Waals surface area contributed by atoms with Gasteiger partial charge < -0.3 is 60.0 Å². The molecule has 0 radical (unpaired) electrons. The first kappa shape index (κ1) is 44.5. The van der Waals surface area contributed by atoms with Crippen LogP contribution in [0.5, 0.6) is 11.5 Å². The fraction of sp³-hybridized carbons (Fsp3) is 0.364. The van der Waals surface area contributed by atoms with Crippen molar-refractivity contribution in [3.05, 3.63) is 130 Å². The molecule has 0 bridgehead atoms. The van der Waals surface area contributed by atoms with E-state index in [0.717, 1.165) is 72.3 Å². The number of hydrogen-bond donors (Lipinski definition) is 0. The van der Waals surface area contributed by atoms with E-state index >= 15 is 0 Å². The fourth-order valence-electron chi connectivity index (χ4n) is 5.17. The van der Waals surface area contributed by atoms with Crippen LogP contribution in [0.15, 0.2) is 97.1 Å². The van der Waals surface area contributed by atoms with Gasteiger partial charge in [0.1, 0.15) is 11.5 Å². The van der Waals surface area contributed by atoms with Crippen LogP contribution >= 0.6 is 0 Å². The minimum Gasteiger partial charge on any atom is -0.780 e. The van der Waals surface area contributed by atoms with Gasteiger partial charge in [-0.1, -0.05) is 126 Å². The molecular weight excluding hydrogens is 747 g/mol. The summed E-state index contributed by atoms with van der Waals surface area (Å²) >= 11 is 22.8. The van der Waals surface area contributed by atoms with Crippen LogP contribution in [0.2, 0.25) is 0 Å². The Kier molecular flexibility index (Phi) is 22.1. The van der Waals surface area contributed by atoms with Gasteiger partial charge in [0.15, 0.2) is 0 Å². The van der Waals surface area contributed by atoms with E-state index < -0.39 is 0 Å². The zero-order chi connectivity index (χ0) is 36.1. The number of benzene rings is 4. The summed E-state index contributed by atoms with van der Waals surface area (Å²) in [6.07, 6.45) is 11.1. The van der Waals surface area contributed by atoms with Gasteiger partial charge in [-0.15, -0.1) is 0 Å². The molecule has 2 nitrogen and oxygen atoms in total. The van der Waals surface area contributed by atoms with Gasteiger partial charge in [0.2, 0.25) is 0 Å². The van der Waals surface area contributed by atoms with Gasteiger partial charge >= 0.3 is 0 Å². The Morgan fingerprint density at radius 3 is 1.14 bits per heavy atom. The van der Waals surface area contributed by atoms with E-state index in [-0.39, 0.29) is 16.5 Å². The van der Waals surface area contributed by atoms with E-state index in [2.05, 4.69) is 64.1 Å². The topological polar surface area (TPSA) is 18.5 Å². The molecule has 4 aromatic carbocycles. The smallest absolute Gasteiger partial charge is 0.124 e. The second kappa shape index (κ2) is 25.3. The first-order valence-corrected chi connectivity index (χ1v) is 19.8. The van der Waals surface area contributed by atoms with Gasteiger partial charge in [-0.3, -0.25) is 0 Å².